The van der Waals surface area contributed by atoms with Gasteiger partial charge in [-0.2, -0.15) is 5.26 Å². The third kappa shape index (κ3) is 4.78. The lowest BCUT2D eigenvalue weighted by atomic mass is 9.87. The summed E-state index contributed by atoms with van der Waals surface area (Å²) in [6, 6.07) is 10.3. The number of rotatable bonds is 3. The number of hydrogen-bond donors (Lipinski definition) is 2. The van der Waals surface area contributed by atoms with Crippen molar-refractivity contribution in [3.63, 3.8) is 0 Å². The highest BCUT2D eigenvalue weighted by Gasteiger charge is 2.18. The zero-order valence-corrected chi connectivity index (χ0v) is 12.9. The van der Waals surface area contributed by atoms with Crippen molar-refractivity contribution in [3.05, 3.63) is 35.4 Å². The third-order valence-corrected chi connectivity index (χ3v) is 4.10. The highest BCUT2D eigenvalue weighted by atomic mass is 15.2. The van der Waals surface area contributed by atoms with E-state index in [1.54, 1.807) is 7.05 Å². The molecular weight excluding hydrogens is 260 g/mol. The zero-order chi connectivity index (χ0) is 15.1. The minimum absolute atomic E-state index is 0.526. The molecule has 1 saturated carbocycles. The second kappa shape index (κ2) is 7.68. The maximum atomic E-state index is 8.92. The van der Waals surface area contributed by atoms with Gasteiger partial charge >= 0.3 is 0 Å². The van der Waals surface area contributed by atoms with E-state index in [0.29, 0.717) is 18.2 Å². The van der Waals surface area contributed by atoms with Gasteiger partial charge < -0.3 is 10.6 Å². The maximum Gasteiger partial charge on any atom is 0.191 e. The highest BCUT2D eigenvalue weighted by molar-refractivity contribution is 5.79. The van der Waals surface area contributed by atoms with E-state index >= 15 is 0 Å². The first-order chi connectivity index (χ1) is 10.2. The van der Waals surface area contributed by atoms with Gasteiger partial charge in [0.15, 0.2) is 5.96 Å². The fourth-order valence-electron chi connectivity index (χ4n) is 2.73. The fraction of sp³-hybridized carbons (Fsp3) is 0.529. The van der Waals surface area contributed by atoms with E-state index in [2.05, 4.69) is 28.6 Å². The van der Waals surface area contributed by atoms with Crippen LogP contribution in [0, 0.1) is 17.2 Å². The van der Waals surface area contributed by atoms with Crippen LogP contribution >= 0.6 is 0 Å². The van der Waals surface area contributed by atoms with Gasteiger partial charge in [-0.05, 0) is 49.3 Å². The summed E-state index contributed by atoms with van der Waals surface area (Å²) in [5.74, 6) is 1.70. The Kier molecular flexibility index (Phi) is 5.62. The molecule has 2 rings (SSSR count). The molecule has 4 heteroatoms. The van der Waals surface area contributed by atoms with E-state index in [1.807, 2.05) is 24.3 Å². The lowest BCUT2D eigenvalue weighted by molar-refractivity contribution is 0.329. The molecule has 21 heavy (non-hydrogen) atoms. The Labute approximate surface area is 127 Å². The van der Waals surface area contributed by atoms with Crippen LogP contribution in [-0.4, -0.2) is 19.0 Å². The molecule has 0 aliphatic heterocycles. The van der Waals surface area contributed by atoms with Crippen molar-refractivity contribution in [1.82, 2.24) is 10.6 Å². The Hall–Kier alpha value is -2.02. The third-order valence-electron chi connectivity index (χ3n) is 4.10. The molecule has 0 heterocycles. The molecule has 0 amide bonds. The number of hydrogen-bond acceptors (Lipinski definition) is 2. The van der Waals surface area contributed by atoms with Gasteiger partial charge in [0.2, 0.25) is 0 Å². The number of guanidine groups is 1. The molecule has 0 spiro atoms. The molecule has 0 aromatic heterocycles. The van der Waals surface area contributed by atoms with E-state index in [4.69, 9.17) is 5.26 Å². The van der Waals surface area contributed by atoms with Crippen molar-refractivity contribution in [3.8, 4) is 6.07 Å². The van der Waals surface area contributed by atoms with Gasteiger partial charge in [0.05, 0.1) is 11.6 Å². The van der Waals surface area contributed by atoms with Crippen LogP contribution in [0.5, 0.6) is 0 Å². The molecule has 0 radical (unpaired) electrons. The van der Waals surface area contributed by atoms with Gasteiger partial charge in [0.1, 0.15) is 0 Å². The zero-order valence-electron chi connectivity index (χ0n) is 12.9. The maximum absolute atomic E-state index is 8.92. The minimum atomic E-state index is 0.526. The first-order valence-corrected chi connectivity index (χ1v) is 7.67. The molecule has 1 aliphatic rings. The van der Waals surface area contributed by atoms with Crippen LogP contribution < -0.4 is 10.6 Å². The molecular formula is C17H24N4. The summed E-state index contributed by atoms with van der Waals surface area (Å²) in [5, 5.41) is 15.7. The van der Waals surface area contributed by atoms with E-state index < -0.39 is 0 Å². The van der Waals surface area contributed by atoms with Gasteiger partial charge in [-0.3, -0.25) is 4.99 Å². The lowest BCUT2D eigenvalue weighted by Crippen LogP contribution is -2.44. The summed E-state index contributed by atoms with van der Waals surface area (Å²) in [6.45, 7) is 3.00. The largest absolute Gasteiger partial charge is 0.354 e. The number of nitriles is 1. The van der Waals surface area contributed by atoms with Gasteiger partial charge in [-0.1, -0.05) is 19.1 Å². The molecule has 2 N–H and O–H groups in total. The SMILES string of the molecule is CN=C(NCc1cccc(C#N)c1)NC1CCC(C)CC1. The number of benzene rings is 1. The van der Waals surface area contributed by atoms with Crippen molar-refractivity contribution in [2.75, 3.05) is 7.05 Å². The minimum Gasteiger partial charge on any atom is -0.354 e. The molecule has 1 fully saturated rings. The molecule has 0 atom stereocenters. The Morgan fingerprint density at radius 2 is 2.10 bits per heavy atom. The molecule has 0 unspecified atom stereocenters. The Bertz CT molecular complexity index is 522. The standard InChI is InChI=1S/C17H24N4/c1-13-6-8-16(9-7-13)21-17(19-2)20-12-15-5-3-4-14(10-15)11-18/h3-5,10,13,16H,6-9,12H2,1-2H3,(H2,19,20,21). The average molecular weight is 284 g/mol. The summed E-state index contributed by atoms with van der Waals surface area (Å²) >= 11 is 0. The first kappa shape index (κ1) is 15.4. The average Bonchev–Trinajstić information content (AvgIpc) is 2.53. The van der Waals surface area contributed by atoms with Crippen LogP contribution in [0.4, 0.5) is 0 Å². The molecule has 4 nitrogen and oxygen atoms in total. The first-order valence-electron chi connectivity index (χ1n) is 7.67. The van der Waals surface area contributed by atoms with Crippen LogP contribution in [0.1, 0.15) is 43.7 Å². The predicted molar refractivity (Wildman–Crippen MR) is 85.9 cm³/mol. The van der Waals surface area contributed by atoms with Crippen molar-refractivity contribution in [2.24, 2.45) is 10.9 Å². The second-order valence-corrected chi connectivity index (χ2v) is 5.84. The number of aliphatic imine (C=N–C) groups is 1. The van der Waals surface area contributed by atoms with Gasteiger partial charge in [0.25, 0.3) is 0 Å². The van der Waals surface area contributed by atoms with E-state index in [9.17, 15) is 0 Å². The van der Waals surface area contributed by atoms with Gasteiger partial charge in [0, 0.05) is 19.6 Å². The van der Waals surface area contributed by atoms with E-state index in [0.717, 1.165) is 17.4 Å². The van der Waals surface area contributed by atoms with Gasteiger partial charge in [-0.15, -0.1) is 0 Å². The van der Waals surface area contributed by atoms with Crippen LogP contribution in [0.3, 0.4) is 0 Å². The molecule has 1 aliphatic carbocycles. The Balaban J connectivity index is 1.84. The summed E-state index contributed by atoms with van der Waals surface area (Å²) < 4.78 is 0. The Morgan fingerprint density at radius 1 is 1.33 bits per heavy atom. The summed E-state index contributed by atoms with van der Waals surface area (Å²) in [6.07, 6.45) is 5.01. The van der Waals surface area contributed by atoms with E-state index in [1.165, 1.54) is 25.7 Å². The quantitative estimate of drug-likeness (QED) is 0.663. The number of nitrogens with one attached hydrogen (secondary N) is 2. The molecule has 0 saturated heterocycles. The van der Waals surface area contributed by atoms with Crippen LogP contribution in [0.25, 0.3) is 0 Å². The monoisotopic (exact) mass is 284 g/mol. The molecule has 112 valence electrons. The summed E-state index contributed by atoms with van der Waals surface area (Å²) in [5.41, 5.74) is 1.78. The van der Waals surface area contributed by atoms with Crippen molar-refractivity contribution >= 4 is 5.96 Å². The van der Waals surface area contributed by atoms with Crippen LogP contribution in [0.2, 0.25) is 0 Å². The van der Waals surface area contributed by atoms with Crippen molar-refractivity contribution < 1.29 is 0 Å². The van der Waals surface area contributed by atoms with Crippen molar-refractivity contribution in [2.45, 2.75) is 45.2 Å². The molecule has 0 bridgehead atoms. The summed E-state index contributed by atoms with van der Waals surface area (Å²) in [7, 11) is 1.80. The molecule has 1 aromatic carbocycles. The Morgan fingerprint density at radius 3 is 2.76 bits per heavy atom. The highest BCUT2D eigenvalue weighted by Crippen LogP contribution is 2.23. The van der Waals surface area contributed by atoms with Crippen LogP contribution in [0.15, 0.2) is 29.3 Å². The topological polar surface area (TPSA) is 60.2 Å². The number of nitrogens with zero attached hydrogens (tertiary/aromatic N) is 2. The van der Waals surface area contributed by atoms with Crippen LogP contribution in [-0.2, 0) is 6.54 Å². The van der Waals surface area contributed by atoms with Crippen molar-refractivity contribution in [1.29, 1.82) is 5.26 Å². The second-order valence-electron chi connectivity index (χ2n) is 5.84. The normalized spacial score (nSPS) is 22.4. The van der Waals surface area contributed by atoms with E-state index in [-0.39, 0.29) is 0 Å². The summed E-state index contributed by atoms with van der Waals surface area (Å²) in [4.78, 5) is 4.29. The lowest BCUT2D eigenvalue weighted by Gasteiger charge is -2.28. The molecule has 1 aromatic rings. The fourth-order valence-corrected chi connectivity index (χ4v) is 2.73. The smallest absolute Gasteiger partial charge is 0.191 e. The predicted octanol–water partition coefficient (Wildman–Crippen LogP) is 2.80. The van der Waals surface area contributed by atoms with Gasteiger partial charge in [-0.25, -0.2) is 0 Å².